The Hall–Kier alpha value is -3.95. The topological polar surface area (TPSA) is 197 Å². The van der Waals surface area contributed by atoms with E-state index in [0.29, 0.717) is 11.5 Å². The number of nitrogens with zero attached hydrogens (tertiary/aromatic N) is 4. The van der Waals surface area contributed by atoms with E-state index in [2.05, 4.69) is 19.8 Å². The first-order chi connectivity index (χ1) is 18.9. The molecule has 3 heterocycles. The fourth-order valence-electron chi connectivity index (χ4n) is 3.61. The number of hydrogen-bond donors (Lipinski definition) is 4. The summed E-state index contributed by atoms with van der Waals surface area (Å²) in [6.07, 6.45) is 3.39. The Morgan fingerprint density at radius 2 is 1.98 bits per heavy atom. The van der Waals surface area contributed by atoms with E-state index in [0.717, 1.165) is 27.6 Å². The number of rotatable bonds is 10. The van der Waals surface area contributed by atoms with Crippen molar-refractivity contribution in [2.45, 2.75) is 36.7 Å². The maximum atomic E-state index is 13.1. The van der Waals surface area contributed by atoms with Crippen LogP contribution in [-0.2, 0) is 29.9 Å². The van der Waals surface area contributed by atoms with Crippen LogP contribution in [0.3, 0.4) is 0 Å². The molecule has 0 aliphatic carbocycles. The number of allylic oxidation sites excluding steroid dienone is 1. The Balaban J connectivity index is 1.54. The third kappa shape index (κ3) is 5.95. The second-order valence-electron chi connectivity index (χ2n) is 9.05. The van der Waals surface area contributed by atoms with Gasteiger partial charge in [0.1, 0.15) is 17.1 Å². The van der Waals surface area contributed by atoms with Crippen molar-refractivity contribution >= 4 is 75.6 Å². The van der Waals surface area contributed by atoms with Crippen molar-refractivity contribution in [1.82, 2.24) is 19.6 Å². The summed E-state index contributed by atoms with van der Waals surface area (Å²) in [4.78, 5) is 59.8. The van der Waals surface area contributed by atoms with Crippen molar-refractivity contribution in [2.24, 2.45) is 5.16 Å². The van der Waals surface area contributed by atoms with E-state index in [4.69, 9.17) is 22.2 Å². The Kier molecular flexibility index (Phi) is 8.46. The van der Waals surface area contributed by atoms with Crippen molar-refractivity contribution in [3.05, 3.63) is 58.6 Å². The molecule has 2 aliphatic rings. The summed E-state index contributed by atoms with van der Waals surface area (Å²) in [5, 5.41) is 24.7. The van der Waals surface area contributed by atoms with Gasteiger partial charge in [0.2, 0.25) is 17.1 Å². The molecular formula is C24H23ClN6O7S2. The van der Waals surface area contributed by atoms with Crippen molar-refractivity contribution in [3.63, 3.8) is 0 Å². The van der Waals surface area contributed by atoms with E-state index in [1.54, 1.807) is 12.2 Å². The average molecular weight is 607 g/mol. The summed E-state index contributed by atoms with van der Waals surface area (Å²) >= 11 is 7.87. The highest BCUT2D eigenvalue weighted by atomic mass is 35.5. The minimum atomic E-state index is -1.79. The lowest BCUT2D eigenvalue weighted by Gasteiger charge is -2.49. The van der Waals surface area contributed by atoms with Gasteiger partial charge in [-0.05, 0) is 30.5 Å². The van der Waals surface area contributed by atoms with Gasteiger partial charge >= 0.3 is 11.9 Å². The highest BCUT2D eigenvalue weighted by molar-refractivity contribution is 8.00. The number of nitrogens with two attached hydrogens (primary N) is 1. The summed E-state index contributed by atoms with van der Waals surface area (Å²) in [7, 11) is 0. The third-order valence-electron chi connectivity index (χ3n) is 5.85. The molecule has 0 radical (unpaired) electrons. The first kappa shape index (κ1) is 29.0. The van der Waals surface area contributed by atoms with E-state index >= 15 is 0 Å². The number of carbonyl (C=O) groups is 4. The molecule has 1 saturated heterocycles. The van der Waals surface area contributed by atoms with Gasteiger partial charge in [-0.3, -0.25) is 14.5 Å². The van der Waals surface area contributed by atoms with E-state index in [1.165, 1.54) is 25.6 Å². The Bertz CT molecular complexity index is 1450. The molecule has 1 aromatic carbocycles. The number of aliphatic carboxylic acids is 2. The number of nitrogen functional groups attached to an aromatic ring is 1. The minimum Gasteiger partial charge on any atom is -0.478 e. The van der Waals surface area contributed by atoms with Crippen LogP contribution in [0, 0.1) is 0 Å². The fraction of sp³-hybridized carbons (Fsp3) is 0.292. The van der Waals surface area contributed by atoms with Crippen molar-refractivity contribution in [1.29, 1.82) is 0 Å². The second-order valence-corrected chi connectivity index (χ2v) is 11.2. The molecule has 210 valence electrons. The standard InChI is InChI=1S/C24H23ClN6O7S2/c1-24(2,22(36)37)38-29-14(17-28-23(26)40-30-17)18(32)27-15-19(33)31-16(21(34)35)13(10-39-20(15)31)8-7-11-3-5-12(9-25)6-4-11/h3-8,15,20H,9-10H2,1-2H3,(H,27,32)(H,34,35)(H,36,37)(H2,26,28,30)/b8-7+,29-14-/t15-,20-/m1/s1. The van der Waals surface area contributed by atoms with Crippen LogP contribution in [0.1, 0.15) is 30.8 Å². The molecule has 2 amide bonds. The van der Waals surface area contributed by atoms with E-state index in [-0.39, 0.29) is 22.4 Å². The molecular weight excluding hydrogens is 584 g/mol. The van der Waals surface area contributed by atoms with Crippen LogP contribution in [0.25, 0.3) is 6.08 Å². The average Bonchev–Trinajstić information content (AvgIpc) is 3.35. The van der Waals surface area contributed by atoms with Crippen LogP contribution in [0.5, 0.6) is 0 Å². The number of amides is 2. The number of thioether (sulfide) groups is 1. The maximum absolute atomic E-state index is 13.1. The van der Waals surface area contributed by atoms with Crippen molar-refractivity contribution in [3.8, 4) is 0 Å². The summed E-state index contributed by atoms with van der Waals surface area (Å²) < 4.78 is 3.92. The fourth-order valence-corrected chi connectivity index (χ4v) is 5.54. The molecule has 13 nitrogen and oxygen atoms in total. The number of carboxylic acids is 2. The molecule has 5 N–H and O–H groups in total. The molecule has 2 aromatic rings. The smallest absolute Gasteiger partial charge is 0.352 e. The van der Waals surface area contributed by atoms with Crippen LogP contribution < -0.4 is 11.1 Å². The van der Waals surface area contributed by atoms with Crippen LogP contribution in [0.15, 0.2) is 46.8 Å². The summed E-state index contributed by atoms with van der Waals surface area (Å²) in [6.45, 7) is 2.45. The van der Waals surface area contributed by atoms with Crippen LogP contribution in [0.2, 0.25) is 0 Å². The van der Waals surface area contributed by atoms with Gasteiger partial charge in [-0.25, -0.2) is 9.59 Å². The molecule has 0 bridgehead atoms. The van der Waals surface area contributed by atoms with Gasteiger partial charge in [-0.1, -0.05) is 41.6 Å². The zero-order chi connectivity index (χ0) is 29.2. The summed E-state index contributed by atoms with van der Waals surface area (Å²) in [5.41, 5.74) is 5.36. The highest BCUT2D eigenvalue weighted by Gasteiger charge is 2.54. The first-order valence-electron chi connectivity index (χ1n) is 11.6. The van der Waals surface area contributed by atoms with Crippen LogP contribution in [-0.4, -0.2) is 76.7 Å². The van der Waals surface area contributed by atoms with Gasteiger partial charge in [0, 0.05) is 23.2 Å². The SMILES string of the molecule is CC(C)(O/N=C(\C(=O)N[C@@H]1C(=O)N2C(C(=O)O)=C(/C=C/c3ccc(CCl)cc3)CS[C@H]12)c1nsc(N)n1)C(=O)O. The predicted molar refractivity (Wildman–Crippen MR) is 148 cm³/mol. The van der Waals surface area contributed by atoms with E-state index in [9.17, 15) is 29.4 Å². The zero-order valence-corrected chi connectivity index (χ0v) is 23.4. The number of carboxylic acid groups (broad SMARTS) is 2. The number of carbonyl (C=O) groups excluding carboxylic acids is 2. The molecule has 1 fully saturated rings. The Labute approximate surface area is 240 Å². The summed E-state index contributed by atoms with van der Waals surface area (Å²) in [5.74, 6) is -3.77. The zero-order valence-electron chi connectivity index (χ0n) is 21.0. The van der Waals surface area contributed by atoms with Crippen molar-refractivity contribution in [2.75, 3.05) is 11.5 Å². The molecule has 1 aromatic heterocycles. The molecule has 16 heteroatoms. The highest BCUT2D eigenvalue weighted by Crippen LogP contribution is 2.40. The van der Waals surface area contributed by atoms with Gasteiger partial charge in [0.05, 0.1) is 0 Å². The molecule has 40 heavy (non-hydrogen) atoms. The van der Waals surface area contributed by atoms with Crippen molar-refractivity contribution < 1.29 is 34.2 Å². The minimum absolute atomic E-state index is 0.0218. The van der Waals surface area contributed by atoms with E-state index < -0.39 is 46.5 Å². The second kappa shape index (κ2) is 11.7. The number of halogens is 1. The van der Waals surface area contributed by atoms with Gasteiger partial charge < -0.3 is 26.1 Å². The number of alkyl halides is 1. The van der Waals surface area contributed by atoms with E-state index in [1.807, 2.05) is 24.3 Å². The molecule has 0 spiro atoms. The van der Waals surface area contributed by atoms with Crippen LogP contribution >= 0.6 is 34.9 Å². The summed E-state index contributed by atoms with van der Waals surface area (Å²) in [6, 6.07) is 6.32. The monoisotopic (exact) mass is 606 g/mol. The lowest BCUT2D eigenvalue weighted by molar-refractivity contribution is -0.161. The molecule has 2 atom stereocenters. The quantitative estimate of drug-likeness (QED) is 0.133. The third-order valence-corrected chi connectivity index (χ3v) is 8.00. The number of nitrogens with one attached hydrogen (secondary N) is 1. The lowest BCUT2D eigenvalue weighted by Crippen LogP contribution is -2.71. The Morgan fingerprint density at radius 1 is 1.27 bits per heavy atom. The number of fused-ring (bicyclic) bond motifs is 1. The number of hydrogen-bond acceptors (Lipinski definition) is 11. The molecule has 4 rings (SSSR count). The van der Waals surface area contributed by atoms with Gasteiger partial charge in [-0.2, -0.15) is 9.36 Å². The van der Waals surface area contributed by atoms with Gasteiger partial charge in [-0.15, -0.1) is 23.4 Å². The molecule has 0 unspecified atom stereocenters. The number of benzene rings is 1. The number of oxime groups is 1. The normalized spacial score (nSPS) is 19.3. The first-order valence-corrected chi connectivity index (χ1v) is 13.9. The number of β-lactam (4-membered cyclic amide) rings is 1. The number of anilines is 1. The predicted octanol–water partition coefficient (Wildman–Crippen LogP) is 1.89. The largest absolute Gasteiger partial charge is 0.478 e. The lowest BCUT2D eigenvalue weighted by atomic mass is 10.0. The Morgan fingerprint density at radius 3 is 2.55 bits per heavy atom. The molecule has 0 saturated carbocycles. The number of aromatic nitrogens is 2. The maximum Gasteiger partial charge on any atom is 0.352 e. The van der Waals surface area contributed by atoms with Crippen LogP contribution in [0.4, 0.5) is 5.13 Å². The molecule has 2 aliphatic heterocycles. The van der Waals surface area contributed by atoms with Gasteiger partial charge in [0.15, 0.2) is 5.13 Å². The van der Waals surface area contributed by atoms with Gasteiger partial charge in [0.25, 0.3) is 11.8 Å².